The van der Waals surface area contributed by atoms with Crippen molar-refractivity contribution in [1.82, 2.24) is 30.4 Å². The van der Waals surface area contributed by atoms with Crippen LogP contribution in [-0.4, -0.2) is 31.8 Å². The van der Waals surface area contributed by atoms with Crippen LogP contribution in [0.1, 0.15) is 38.2 Å². The first-order chi connectivity index (χ1) is 11.2. The minimum absolute atomic E-state index is 0.107. The van der Waals surface area contributed by atoms with E-state index < -0.39 is 0 Å². The van der Waals surface area contributed by atoms with Gasteiger partial charge in [-0.3, -0.25) is 0 Å². The zero-order chi connectivity index (χ0) is 16.1. The highest BCUT2D eigenvalue weighted by Gasteiger charge is 2.20. The summed E-state index contributed by atoms with van der Waals surface area (Å²) in [6.45, 7) is 2.70. The number of rotatable bonds is 4. The third-order valence-corrected chi connectivity index (χ3v) is 4.19. The van der Waals surface area contributed by atoms with Crippen molar-refractivity contribution in [3.8, 4) is 5.82 Å². The molecular formula is C16H22N6O. The fraction of sp³-hybridized carbons (Fsp3) is 0.500. The van der Waals surface area contributed by atoms with Crippen LogP contribution in [0.4, 0.5) is 4.79 Å². The summed E-state index contributed by atoms with van der Waals surface area (Å²) in [7, 11) is 0. The molecule has 0 bridgehead atoms. The highest BCUT2D eigenvalue weighted by Crippen LogP contribution is 2.23. The zero-order valence-corrected chi connectivity index (χ0v) is 13.3. The van der Waals surface area contributed by atoms with Gasteiger partial charge in [-0.05, 0) is 30.4 Å². The van der Waals surface area contributed by atoms with Crippen molar-refractivity contribution in [3.63, 3.8) is 0 Å². The smallest absolute Gasteiger partial charge is 0.315 e. The molecule has 2 aromatic rings. The lowest BCUT2D eigenvalue weighted by Crippen LogP contribution is -2.43. The summed E-state index contributed by atoms with van der Waals surface area (Å²) in [5.74, 6) is 1.40. The largest absolute Gasteiger partial charge is 0.335 e. The van der Waals surface area contributed by atoms with Gasteiger partial charge in [-0.15, -0.1) is 0 Å². The summed E-state index contributed by atoms with van der Waals surface area (Å²) < 4.78 is 1.59. The number of nitrogens with zero attached hydrogens (tertiary/aromatic N) is 4. The van der Waals surface area contributed by atoms with Crippen LogP contribution in [-0.2, 0) is 6.54 Å². The first-order valence-corrected chi connectivity index (χ1v) is 8.05. The van der Waals surface area contributed by atoms with Crippen LogP contribution >= 0.6 is 0 Å². The number of hydrogen-bond acceptors (Lipinski definition) is 4. The Morgan fingerprint density at radius 3 is 3.00 bits per heavy atom. The number of hydrogen-bond donors (Lipinski definition) is 2. The second-order valence-electron chi connectivity index (χ2n) is 6.16. The molecule has 7 heteroatoms. The SMILES string of the molecule is C[C@@H]1CCC[C@@H](NC(=O)NCc2ccc(-n3cncn3)nc2)C1. The predicted octanol–water partition coefficient (Wildman–Crippen LogP) is 2.04. The fourth-order valence-corrected chi connectivity index (χ4v) is 2.97. The number of urea groups is 1. The number of nitrogens with one attached hydrogen (secondary N) is 2. The molecule has 1 aliphatic carbocycles. The summed E-state index contributed by atoms with van der Waals surface area (Å²) in [6, 6.07) is 3.97. The van der Waals surface area contributed by atoms with Gasteiger partial charge >= 0.3 is 6.03 Å². The molecule has 2 aromatic heterocycles. The van der Waals surface area contributed by atoms with Crippen LogP contribution in [0.3, 0.4) is 0 Å². The van der Waals surface area contributed by atoms with Gasteiger partial charge in [-0.1, -0.05) is 25.8 Å². The molecule has 122 valence electrons. The Labute approximate surface area is 135 Å². The van der Waals surface area contributed by atoms with Crippen molar-refractivity contribution in [2.24, 2.45) is 5.92 Å². The first-order valence-electron chi connectivity index (χ1n) is 8.05. The van der Waals surface area contributed by atoms with E-state index in [0.29, 0.717) is 24.3 Å². The highest BCUT2D eigenvalue weighted by atomic mass is 16.2. The Morgan fingerprint density at radius 2 is 2.30 bits per heavy atom. The lowest BCUT2D eigenvalue weighted by molar-refractivity contribution is 0.227. The van der Waals surface area contributed by atoms with Gasteiger partial charge in [0, 0.05) is 18.8 Å². The molecule has 1 fully saturated rings. The molecule has 0 spiro atoms. The van der Waals surface area contributed by atoms with E-state index in [9.17, 15) is 4.79 Å². The van der Waals surface area contributed by atoms with Crippen molar-refractivity contribution in [2.75, 3.05) is 0 Å². The van der Waals surface area contributed by atoms with E-state index in [4.69, 9.17) is 0 Å². The molecule has 0 radical (unpaired) electrons. The maximum Gasteiger partial charge on any atom is 0.315 e. The maximum absolute atomic E-state index is 12.0. The second kappa shape index (κ2) is 7.21. The van der Waals surface area contributed by atoms with Crippen molar-refractivity contribution in [3.05, 3.63) is 36.5 Å². The maximum atomic E-state index is 12.0. The number of amides is 2. The molecule has 0 aliphatic heterocycles. The fourth-order valence-electron chi connectivity index (χ4n) is 2.97. The quantitative estimate of drug-likeness (QED) is 0.904. The average molecular weight is 314 g/mol. The first kappa shape index (κ1) is 15.5. The minimum atomic E-state index is -0.107. The van der Waals surface area contributed by atoms with E-state index in [1.165, 1.54) is 19.2 Å². The molecule has 3 rings (SSSR count). The molecular weight excluding hydrogens is 292 g/mol. The van der Waals surface area contributed by atoms with E-state index in [1.807, 2.05) is 12.1 Å². The van der Waals surface area contributed by atoms with E-state index in [1.54, 1.807) is 17.2 Å². The van der Waals surface area contributed by atoms with Crippen LogP contribution in [0, 0.1) is 5.92 Å². The summed E-state index contributed by atoms with van der Waals surface area (Å²) in [4.78, 5) is 20.2. The molecule has 0 unspecified atom stereocenters. The molecule has 2 heterocycles. The molecule has 1 saturated carbocycles. The van der Waals surface area contributed by atoms with Gasteiger partial charge in [0.15, 0.2) is 5.82 Å². The number of carbonyl (C=O) groups excluding carboxylic acids is 1. The summed E-state index contributed by atoms with van der Waals surface area (Å²) >= 11 is 0. The van der Waals surface area contributed by atoms with Gasteiger partial charge in [-0.2, -0.15) is 5.10 Å². The van der Waals surface area contributed by atoms with Crippen LogP contribution in [0.15, 0.2) is 31.0 Å². The summed E-state index contributed by atoms with van der Waals surface area (Å²) in [5, 5.41) is 9.98. The van der Waals surface area contributed by atoms with Crippen LogP contribution in [0.25, 0.3) is 5.82 Å². The average Bonchev–Trinajstić information content (AvgIpc) is 3.08. The van der Waals surface area contributed by atoms with Gasteiger partial charge in [0.1, 0.15) is 12.7 Å². The lowest BCUT2D eigenvalue weighted by Gasteiger charge is -2.27. The van der Waals surface area contributed by atoms with Gasteiger partial charge in [0.05, 0.1) is 0 Å². The summed E-state index contributed by atoms with van der Waals surface area (Å²) in [6.07, 6.45) is 9.41. The number of pyridine rings is 1. The molecule has 0 saturated heterocycles. The Morgan fingerprint density at radius 1 is 1.39 bits per heavy atom. The lowest BCUT2D eigenvalue weighted by atomic mass is 9.87. The molecule has 23 heavy (non-hydrogen) atoms. The van der Waals surface area contributed by atoms with Crippen molar-refractivity contribution >= 4 is 6.03 Å². The van der Waals surface area contributed by atoms with E-state index in [-0.39, 0.29) is 6.03 Å². The molecule has 1 aliphatic rings. The van der Waals surface area contributed by atoms with Crippen molar-refractivity contribution in [2.45, 2.75) is 45.2 Å². The Hall–Kier alpha value is -2.44. The molecule has 2 amide bonds. The van der Waals surface area contributed by atoms with Crippen LogP contribution in [0.2, 0.25) is 0 Å². The zero-order valence-electron chi connectivity index (χ0n) is 13.3. The van der Waals surface area contributed by atoms with E-state index in [0.717, 1.165) is 18.4 Å². The number of carbonyl (C=O) groups is 1. The van der Waals surface area contributed by atoms with Crippen LogP contribution < -0.4 is 10.6 Å². The molecule has 2 atom stereocenters. The van der Waals surface area contributed by atoms with E-state index >= 15 is 0 Å². The van der Waals surface area contributed by atoms with E-state index in [2.05, 4.69) is 32.6 Å². The Kier molecular flexibility index (Phi) is 4.85. The Bertz CT molecular complexity index is 625. The standard InChI is InChI=1S/C16H22N6O/c1-12-3-2-4-14(7-12)21-16(23)19-9-13-5-6-15(18-8-13)22-11-17-10-20-22/h5-6,8,10-12,14H,2-4,7,9H2,1H3,(H2,19,21,23)/t12-,14-/m1/s1. The van der Waals surface area contributed by atoms with Gasteiger partial charge in [0.2, 0.25) is 0 Å². The van der Waals surface area contributed by atoms with Gasteiger partial charge in [0.25, 0.3) is 0 Å². The number of aromatic nitrogens is 4. The highest BCUT2D eigenvalue weighted by molar-refractivity contribution is 5.74. The molecule has 7 nitrogen and oxygen atoms in total. The summed E-state index contributed by atoms with van der Waals surface area (Å²) in [5.41, 5.74) is 0.945. The third kappa shape index (κ3) is 4.28. The molecule has 2 N–H and O–H groups in total. The van der Waals surface area contributed by atoms with Crippen LogP contribution in [0.5, 0.6) is 0 Å². The third-order valence-electron chi connectivity index (χ3n) is 4.19. The monoisotopic (exact) mass is 314 g/mol. The Balaban J connectivity index is 1.47. The topological polar surface area (TPSA) is 84.7 Å². The van der Waals surface area contributed by atoms with Gasteiger partial charge in [-0.25, -0.2) is 19.4 Å². The normalized spacial score (nSPS) is 20.9. The van der Waals surface area contributed by atoms with Crippen molar-refractivity contribution < 1.29 is 4.79 Å². The predicted molar refractivity (Wildman–Crippen MR) is 85.9 cm³/mol. The van der Waals surface area contributed by atoms with Gasteiger partial charge < -0.3 is 10.6 Å². The molecule has 0 aromatic carbocycles. The second-order valence-corrected chi connectivity index (χ2v) is 6.16. The van der Waals surface area contributed by atoms with Crippen molar-refractivity contribution in [1.29, 1.82) is 0 Å². The minimum Gasteiger partial charge on any atom is -0.335 e.